The van der Waals surface area contributed by atoms with Gasteiger partial charge in [-0.15, -0.1) is 0 Å². The van der Waals surface area contributed by atoms with Gasteiger partial charge >= 0.3 is 5.97 Å². The van der Waals surface area contributed by atoms with Gasteiger partial charge in [0.2, 0.25) is 5.91 Å². The van der Waals surface area contributed by atoms with Crippen molar-refractivity contribution >= 4 is 11.9 Å². The summed E-state index contributed by atoms with van der Waals surface area (Å²) in [5.74, 6) is -0.520. The molecule has 3 N–H and O–H groups in total. The molecule has 0 radical (unpaired) electrons. The van der Waals surface area contributed by atoms with Crippen LogP contribution in [0, 0.1) is 0 Å². The van der Waals surface area contributed by atoms with Gasteiger partial charge in [-0.2, -0.15) is 0 Å². The number of aliphatic hydroxyl groups excluding tert-OH is 2. The summed E-state index contributed by atoms with van der Waals surface area (Å²) in [6, 6.07) is -0.720. The van der Waals surface area contributed by atoms with Crippen LogP contribution >= 0.6 is 0 Å². The number of carbonyl (C=O) groups is 2. The second kappa shape index (κ2) is 57.2. The summed E-state index contributed by atoms with van der Waals surface area (Å²) in [5.41, 5.74) is 0. The van der Waals surface area contributed by atoms with Crippen molar-refractivity contribution in [3.05, 3.63) is 72.9 Å². The molecule has 0 heterocycles. The quantitative estimate of drug-likeness (QED) is 0.0321. The molecule has 0 bridgehead atoms. The van der Waals surface area contributed by atoms with Crippen LogP contribution in [0.15, 0.2) is 72.9 Å². The number of hydrogen-bond acceptors (Lipinski definition) is 5. The van der Waals surface area contributed by atoms with E-state index >= 15 is 0 Å². The van der Waals surface area contributed by atoms with Gasteiger partial charge in [0.25, 0.3) is 0 Å². The highest BCUT2D eigenvalue weighted by Crippen LogP contribution is 2.18. The Balaban J connectivity index is 4.63. The summed E-state index contributed by atoms with van der Waals surface area (Å²) in [4.78, 5) is 26.3. The maximum atomic E-state index is 13.3. The summed E-state index contributed by atoms with van der Waals surface area (Å²) in [5, 5.41) is 23.9. The Bertz CT molecular complexity index is 1280. The van der Waals surface area contributed by atoms with Crippen LogP contribution < -0.4 is 5.32 Å². The molecule has 0 aromatic heterocycles. The van der Waals surface area contributed by atoms with E-state index in [0.717, 1.165) is 96.3 Å². The van der Waals surface area contributed by atoms with Crippen molar-refractivity contribution in [3.63, 3.8) is 0 Å². The van der Waals surface area contributed by atoms with E-state index in [1.165, 1.54) is 154 Å². The van der Waals surface area contributed by atoms with Crippen LogP contribution in [-0.2, 0) is 14.3 Å². The molecule has 70 heavy (non-hydrogen) atoms. The van der Waals surface area contributed by atoms with E-state index in [1.807, 2.05) is 0 Å². The van der Waals surface area contributed by atoms with Crippen molar-refractivity contribution in [1.29, 1.82) is 0 Å². The second-order valence-corrected chi connectivity index (χ2v) is 20.5. The fourth-order valence-electron chi connectivity index (χ4n) is 9.02. The second-order valence-electron chi connectivity index (χ2n) is 20.5. The maximum absolute atomic E-state index is 13.3. The first kappa shape index (κ1) is 67.3. The van der Waals surface area contributed by atoms with E-state index in [0.29, 0.717) is 19.3 Å². The largest absolute Gasteiger partial charge is 0.462 e. The van der Waals surface area contributed by atoms with Crippen molar-refractivity contribution in [2.75, 3.05) is 6.61 Å². The minimum absolute atomic E-state index is 0.0483. The van der Waals surface area contributed by atoms with Crippen molar-refractivity contribution in [2.24, 2.45) is 0 Å². The number of hydrogen-bond donors (Lipinski definition) is 3. The highest BCUT2D eigenvalue weighted by atomic mass is 16.5. The third kappa shape index (κ3) is 51.6. The van der Waals surface area contributed by atoms with Crippen LogP contribution in [0.2, 0.25) is 0 Å². The molecule has 0 saturated carbocycles. The number of esters is 1. The van der Waals surface area contributed by atoms with Gasteiger partial charge in [-0.1, -0.05) is 280 Å². The zero-order chi connectivity index (χ0) is 50.9. The normalized spacial score (nSPS) is 13.6. The molecule has 1 amide bonds. The Morgan fingerprint density at radius 2 is 0.729 bits per heavy atom. The predicted octanol–water partition coefficient (Wildman–Crippen LogP) is 18.9. The summed E-state index contributed by atoms with van der Waals surface area (Å²) < 4.78 is 5.95. The van der Waals surface area contributed by atoms with Crippen molar-refractivity contribution in [3.8, 4) is 0 Å². The zero-order valence-corrected chi connectivity index (χ0v) is 46.4. The zero-order valence-electron chi connectivity index (χ0n) is 46.4. The SMILES string of the molecule is CCCCC/C=C/C=C/C=C/C=C/CCCCCCCC(=O)OC(CCCCC/C=C/C=C/CCCCCCCCC)CC(=O)NC(CO)C(O)CCCCCCCCCCCCCCCCCCC. The Kier molecular flexibility index (Phi) is 55.0. The lowest BCUT2D eigenvalue weighted by molar-refractivity contribution is -0.151. The first-order valence-electron chi connectivity index (χ1n) is 30.2. The highest BCUT2D eigenvalue weighted by molar-refractivity contribution is 5.77. The fourth-order valence-corrected chi connectivity index (χ4v) is 9.02. The van der Waals surface area contributed by atoms with Gasteiger partial charge in [-0.3, -0.25) is 9.59 Å². The minimum atomic E-state index is -0.804. The summed E-state index contributed by atoms with van der Waals surface area (Å²) >= 11 is 0. The molecular weight excluding hydrogens is 863 g/mol. The highest BCUT2D eigenvalue weighted by Gasteiger charge is 2.24. The summed E-state index contributed by atoms with van der Waals surface area (Å²) in [7, 11) is 0. The first-order valence-corrected chi connectivity index (χ1v) is 30.2. The third-order valence-electron chi connectivity index (χ3n) is 13.6. The molecule has 0 saturated heterocycles. The predicted molar refractivity (Wildman–Crippen MR) is 305 cm³/mol. The number of allylic oxidation sites excluding steroid dienone is 12. The Morgan fingerprint density at radius 1 is 0.414 bits per heavy atom. The number of unbranched alkanes of at least 4 members (excludes halogenated alkanes) is 34. The van der Waals surface area contributed by atoms with Crippen LogP contribution in [-0.4, -0.2) is 46.9 Å². The molecule has 6 nitrogen and oxygen atoms in total. The summed E-state index contributed by atoms with van der Waals surface area (Å²) in [6.45, 7) is 6.46. The van der Waals surface area contributed by atoms with Gasteiger partial charge in [0, 0.05) is 6.42 Å². The lowest BCUT2D eigenvalue weighted by Crippen LogP contribution is -2.46. The third-order valence-corrected chi connectivity index (χ3v) is 13.6. The monoisotopic (exact) mass is 978 g/mol. The molecule has 6 heteroatoms. The minimum Gasteiger partial charge on any atom is -0.462 e. The number of aliphatic hydroxyl groups is 2. The van der Waals surface area contributed by atoms with Crippen molar-refractivity contribution in [2.45, 2.75) is 315 Å². The van der Waals surface area contributed by atoms with Crippen molar-refractivity contribution in [1.82, 2.24) is 5.32 Å². The van der Waals surface area contributed by atoms with Gasteiger partial charge in [-0.25, -0.2) is 0 Å². The topological polar surface area (TPSA) is 95.9 Å². The van der Waals surface area contributed by atoms with E-state index in [1.54, 1.807) is 0 Å². The van der Waals surface area contributed by atoms with Gasteiger partial charge in [0.1, 0.15) is 6.10 Å². The number of carbonyl (C=O) groups excluding carboxylic acids is 2. The van der Waals surface area contributed by atoms with Crippen LogP contribution in [0.5, 0.6) is 0 Å². The molecule has 0 aromatic rings. The lowest BCUT2D eigenvalue weighted by Gasteiger charge is -2.24. The number of amides is 1. The Hall–Kier alpha value is -2.70. The Labute approximate surface area is 434 Å². The number of ether oxygens (including phenoxy) is 1. The number of rotatable bonds is 54. The van der Waals surface area contributed by atoms with E-state index in [-0.39, 0.29) is 24.9 Å². The maximum Gasteiger partial charge on any atom is 0.306 e. The molecule has 3 unspecified atom stereocenters. The smallest absolute Gasteiger partial charge is 0.306 e. The van der Waals surface area contributed by atoms with Gasteiger partial charge in [-0.05, 0) is 77.0 Å². The standard InChI is InChI=1S/C64H115NO5/c1-4-7-10-13-16-19-22-25-28-31-33-36-39-42-45-48-51-54-57-64(69)70-60(55-52-49-46-43-40-37-34-30-27-24-21-18-15-12-9-6-3)58-63(68)65-61(59-66)62(67)56-53-50-47-44-41-38-35-32-29-26-23-20-17-14-11-8-5-2/h16,19,22,25,28,30-31,33-34,36-37,40,60-62,66-67H,4-15,17-18,20-21,23-24,26-27,29,32,35,38-39,41-59H2,1-3H3,(H,65,68)/b19-16+,25-22+,31-28+,34-30+,36-33+,40-37+. The van der Waals surface area contributed by atoms with Crippen LogP contribution in [0.3, 0.4) is 0 Å². The average molecular weight is 979 g/mol. The van der Waals surface area contributed by atoms with E-state index < -0.39 is 18.2 Å². The molecule has 3 atom stereocenters. The molecule has 0 aliphatic carbocycles. The summed E-state index contributed by atoms with van der Waals surface area (Å²) in [6.07, 6.45) is 73.9. The van der Waals surface area contributed by atoms with Gasteiger partial charge < -0.3 is 20.3 Å². The van der Waals surface area contributed by atoms with E-state index in [2.05, 4.69) is 99.0 Å². The van der Waals surface area contributed by atoms with Gasteiger partial charge in [0.05, 0.1) is 25.2 Å². The van der Waals surface area contributed by atoms with E-state index in [9.17, 15) is 19.8 Å². The van der Waals surface area contributed by atoms with Crippen molar-refractivity contribution < 1.29 is 24.5 Å². The molecule has 0 aliphatic rings. The molecule has 0 fully saturated rings. The lowest BCUT2D eigenvalue weighted by atomic mass is 10.0. The van der Waals surface area contributed by atoms with Crippen LogP contribution in [0.4, 0.5) is 0 Å². The van der Waals surface area contributed by atoms with E-state index in [4.69, 9.17) is 4.74 Å². The molecule has 0 rings (SSSR count). The fraction of sp³-hybridized carbons (Fsp3) is 0.781. The average Bonchev–Trinajstić information content (AvgIpc) is 3.35. The number of nitrogens with one attached hydrogen (secondary N) is 1. The van der Waals surface area contributed by atoms with Gasteiger partial charge in [0.15, 0.2) is 0 Å². The molecule has 406 valence electrons. The molecule has 0 aliphatic heterocycles. The first-order chi connectivity index (χ1) is 34.5. The van der Waals surface area contributed by atoms with Crippen LogP contribution in [0.25, 0.3) is 0 Å². The molecular formula is C64H115NO5. The Morgan fingerprint density at radius 3 is 1.16 bits per heavy atom. The van der Waals surface area contributed by atoms with Crippen LogP contribution in [0.1, 0.15) is 297 Å². The molecule has 0 aromatic carbocycles. The molecule has 0 spiro atoms.